The minimum atomic E-state index is -3.70. The van der Waals surface area contributed by atoms with Crippen LogP contribution in [0.15, 0.2) is 29.2 Å². The second-order valence-electron chi connectivity index (χ2n) is 5.45. The number of likely N-dealkylation sites (tertiary alicyclic amines) is 1. The van der Waals surface area contributed by atoms with Crippen molar-refractivity contribution in [1.82, 2.24) is 4.72 Å². The van der Waals surface area contributed by atoms with E-state index in [0.717, 1.165) is 13.0 Å². The highest BCUT2D eigenvalue weighted by Gasteiger charge is 2.22. The summed E-state index contributed by atoms with van der Waals surface area (Å²) in [6, 6.07) is 6.08. The first-order valence-electron chi connectivity index (χ1n) is 7.55. The fraction of sp³-hybridized carbons (Fsp3) is 0.533. The maximum atomic E-state index is 12.3. The zero-order valence-electron chi connectivity index (χ0n) is 12.8. The van der Waals surface area contributed by atoms with Gasteiger partial charge in [0.15, 0.2) is 0 Å². The topological polar surface area (TPSA) is 76.9 Å². The van der Waals surface area contributed by atoms with Crippen molar-refractivity contribution >= 4 is 16.0 Å². The van der Waals surface area contributed by atoms with E-state index in [1.807, 2.05) is 0 Å². The number of esters is 1. The normalized spacial score (nSPS) is 15.9. The highest BCUT2D eigenvalue weighted by Crippen LogP contribution is 2.16. The van der Waals surface area contributed by atoms with Gasteiger partial charge in [-0.3, -0.25) is 0 Å². The molecule has 122 valence electrons. The molecular weight excluding hydrogens is 304 g/mol. The monoisotopic (exact) mass is 327 g/mol. The molecule has 0 aromatic heterocycles. The van der Waals surface area contributed by atoms with Gasteiger partial charge in [-0.15, -0.1) is 0 Å². The second kappa shape index (κ2) is 7.71. The van der Waals surface area contributed by atoms with E-state index in [2.05, 4.69) is 9.46 Å². The Morgan fingerprint density at radius 3 is 2.64 bits per heavy atom. The van der Waals surface area contributed by atoms with Gasteiger partial charge in [-0.05, 0) is 12.1 Å². The molecule has 0 aliphatic carbocycles. The van der Waals surface area contributed by atoms with E-state index in [0.29, 0.717) is 6.54 Å². The molecule has 0 saturated carbocycles. The van der Waals surface area contributed by atoms with Crippen LogP contribution < -0.4 is 9.62 Å². The first kappa shape index (κ1) is 16.9. The number of carbonyl (C=O) groups excluding carboxylic acids is 1. The van der Waals surface area contributed by atoms with E-state index in [-0.39, 0.29) is 10.5 Å². The molecule has 0 unspecified atom stereocenters. The van der Waals surface area contributed by atoms with E-state index in [1.54, 1.807) is 12.1 Å². The van der Waals surface area contributed by atoms with E-state index in [9.17, 15) is 13.2 Å². The van der Waals surface area contributed by atoms with Crippen LogP contribution in [0.2, 0.25) is 0 Å². The van der Waals surface area contributed by atoms with Gasteiger partial charge in [0.05, 0.1) is 37.2 Å². The molecule has 1 saturated heterocycles. The standard InChI is InChI=1S/C15H22N2O4S/c1-21-15(18)13-7-2-3-8-14(13)22(19,20)16-9-6-12-17-10-4-5-11-17/h2-3,7-8,16H,4-6,9-12H2,1H3/p+1. The number of benzene rings is 1. The number of quaternary nitrogens is 1. The fourth-order valence-corrected chi connectivity index (χ4v) is 3.99. The zero-order valence-corrected chi connectivity index (χ0v) is 13.6. The molecule has 1 aliphatic rings. The molecule has 0 atom stereocenters. The SMILES string of the molecule is COC(=O)c1ccccc1S(=O)(=O)NCCC[NH+]1CCCC1. The van der Waals surface area contributed by atoms with Gasteiger partial charge >= 0.3 is 5.97 Å². The first-order chi connectivity index (χ1) is 10.5. The predicted octanol–water partition coefficient (Wildman–Crippen LogP) is -0.180. The van der Waals surface area contributed by atoms with Crippen molar-refractivity contribution in [1.29, 1.82) is 0 Å². The number of nitrogens with one attached hydrogen (secondary N) is 2. The lowest BCUT2D eigenvalue weighted by atomic mass is 10.2. The molecule has 7 heteroatoms. The summed E-state index contributed by atoms with van der Waals surface area (Å²) >= 11 is 0. The number of sulfonamides is 1. The lowest BCUT2D eigenvalue weighted by Crippen LogP contribution is -3.10. The lowest BCUT2D eigenvalue weighted by molar-refractivity contribution is -0.887. The molecule has 0 amide bonds. The highest BCUT2D eigenvalue weighted by atomic mass is 32.2. The van der Waals surface area contributed by atoms with Crippen LogP contribution >= 0.6 is 0 Å². The van der Waals surface area contributed by atoms with Crippen molar-refractivity contribution in [2.24, 2.45) is 0 Å². The summed E-state index contributed by atoms with van der Waals surface area (Å²) < 4.78 is 31.9. The number of hydrogen-bond donors (Lipinski definition) is 2. The summed E-state index contributed by atoms with van der Waals surface area (Å²) in [5.74, 6) is -0.650. The van der Waals surface area contributed by atoms with E-state index >= 15 is 0 Å². The molecule has 1 heterocycles. The quantitative estimate of drug-likeness (QED) is 0.538. The molecule has 6 nitrogen and oxygen atoms in total. The van der Waals surface area contributed by atoms with Crippen molar-refractivity contribution in [2.75, 3.05) is 33.3 Å². The van der Waals surface area contributed by atoms with E-state index in [1.165, 1.54) is 50.1 Å². The van der Waals surface area contributed by atoms with Crippen molar-refractivity contribution in [2.45, 2.75) is 24.2 Å². The van der Waals surface area contributed by atoms with Crippen LogP contribution in [0.25, 0.3) is 0 Å². The molecule has 22 heavy (non-hydrogen) atoms. The second-order valence-corrected chi connectivity index (χ2v) is 7.18. The number of methoxy groups -OCH3 is 1. The van der Waals surface area contributed by atoms with Gasteiger partial charge in [0.2, 0.25) is 10.0 Å². The first-order valence-corrected chi connectivity index (χ1v) is 9.03. The van der Waals surface area contributed by atoms with Crippen LogP contribution in [-0.2, 0) is 14.8 Å². The smallest absolute Gasteiger partial charge is 0.339 e. The predicted molar refractivity (Wildman–Crippen MR) is 82.4 cm³/mol. The van der Waals surface area contributed by atoms with E-state index in [4.69, 9.17) is 0 Å². The van der Waals surface area contributed by atoms with Gasteiger partial charge in [-0.1, -0.05) is 12.1 Å². The third-order valence-corrected chi connectivity index (χ3v) is 5.41. The Balaban J connectivity index is 1.96. The van der Waals surface area contributed by atoms with Crippen molar-refractivity contribution in [3.05, 3.63) is 29.8 Å². The van der Waals surface area contributed by atoms with Gasteiger partial charge in [-0.25, -0.2) is 17.9 Å². The van der Waals surface area contributed by atoms with Crippen LogP contribution in [0.5, 0.6) is 0 Å². The maximum absolute atomic E-state index is 12.3. The molecule has 0 bridgehead atoms. The van der Waals surface area contributed by atoms with Crippen LogP contribution in [0, 0.1) is 0 Å². The van der Waals surface area contributed by atoms with Crippen molar-refractivity contribution < 1.29 is 22.8 Å². The van der Waals surface area contributed by atoms with Crippen LogP contribution in [-0.4, -0.2) is 47.7 Å². The summed E-state index contributed by atoms with van der Waals surface area (Å²) in [7, 11) is -2.47. The van der Waals surface area contributed by atoms with Gasteiger partial charge in [-0.2, -0.15) is 0 Å². The summed E-state index contributed by atoms with van der Waals surface area (Å²) in [5, 5.41) is 0. The number of hydrogen-bond acceptors (Lipinski definition) is 4. The minimum Gasteiger partial charge on any atom is -0.465 e. The van der Waals surface area contributed by atoms with Gasteiger partial charge in [0.1, 0.15) is 0 Å². The molecule has 1 aromatic carbocycles. The lowest BCUT2D eigenvalue weighted by Gasteiger charge is -2.13. The Labute approximate surface area is 131 Å². The summed E-state index contributed by atoms with van der Waals surface area (Å²) in [6.07, 6.45) is 3.30. The molecule has 1 aliphatic heterocycles. The molecule has 0 radical (unpaired) electrons. The third kappa shape index (κ3) is 4.28. The van der Waals surface area contributed by atoms with Crippen molar-refractivity contribution in [3.8, 4) is 0 Å². The average molecular weight is 327 g/mol. The maximum Gasteiger partial charge on any atom is 0.339 e. The molecule has 2 N–H and O–H groups in total. The molecule has 0 spiro atoms. The van der Waals surface area contributed by atoms with Gasteiger partial charge in [0.25, 0.3) is 0 Å². The Morgan fingerprint density at radius 1 is 1.27 bits per heavy atom. The molecule has 2 rings (SSSR count). The number of carbonyl (C=O) groups is 1. The van der Waals surface area contributed by atoms with Crippen molar-refractivity contribution in [3.63, 3.8) is 0 Å². The number of ether oxygens (including phenoxy) is 1. The van der Waals surface area contributed by atoms with Crippen LogP contribution in [0.4, 0.5) is 0 Å². The Hall–Kier alpha value is -1.44. The molecule has 1 aromatic rings. The van der Waals surface area contributed by atoms with Crippen LogP contribution in [0.1, 0.15) is 29.6 Å². The highest BCUT2D eigenvalue weighted by molar-refractivity contribution is 7.89. The van der Waals surface area contributed by atoms with Gasteiger partial charge < -0.3 is 9.64 Å². The fourth-order valence-electron chi connectivity index (χ4n) is 2.73. The van der Waals surface area contributed by atoms with E-state index < -0.39 is 16.0 Å². The Bertz CT molecular complexity index is 610. The molecular formula is C15H23N2O4S+. The summed E-state index contributed by atoms with van der Waals surface area (Å²) in [4.78, 5) is 13.2. The third-order valence-electron chi connectivity index (χ3n) is 3.89. The minimum absolute atomic E-state index is 0.0321. The number of rotatable bonds is 7. The van der Waals surface area contributed by atoms with Crippen LogP contribution in [0.3, 0.4) is 0 Å². The summed E-state index contributed by atoms with van der Waals surface area (Å²) in [5.41, 5.74) is 0.0580. The largest absolute Gasteiger partial charge is 0.465 e. The average Bonchev–Trinajstić information content (AvgIpc) is 3.04. The summed E-state index contributed by atoms with van der Waals surface area (Å²) in [6.45, 7) is 3.71. The Morgan fingerprint density at radius 2 is 1.95 bits per heavy atom. The molecule has 1 fully saturated rings. The van der Waals surface area contributed by atoms with Gasteiger partial charge in [0, 0.05) is 25.8 Å². The zero-order chi connectivity index (χ0) is 16.0. The Kier molecular flexibility index (Phi) is 5.93.